The van der Waals surface area contributed by atoms with Crippen molar-refractivity contribution in [2.75, 3.05) is 39.4 Å². The van der Waals surface area contributed by atoms with E-state index >= 15 is 0 Å². The zero-order valence-electron chi connectivity index (χ0n) is 21.2. The van der Waals surface area contributed by atoms with Crippen molar-refractivity contribution in [2.45, 2.75) is 44.8 Å². The predicted octanol–water partition coefficient (Wildman–Crippen LogP) is 2.85. The van der Waals surface area contributed by atoms with E-state index in [9.17, 15) is 14.4 Å². The number of aromatic nitrogens is 1. The van der Waals surface area contributed by atoms with Crippen molar-refractivity contribution >= 4 is 22.9 Å². The third kappa shape index (κ3) is 5.13. The number of nitrogens with zero attached hydrogens (tertiary/aromatic N) is 3. The molecule has 1 aromatic heterocycles. The molecule has 196 valence electrons. The van der Waals surface area contributed by atoms with Gasteiger partial charge in [0.05, 0.1) is 25.2 Å². The molecule has 1 fully saturated rings. The van der Waals surface area contributed by atoms with Crippen LogP contribution in [0.2, 0.25) is 0 Å². The van der Waals surface area contributed by atoms with E-state index in [2.05, 4.69) is 6.07 Å². The van der Waals surface area contributed by atoms with Gasteiger partial charge in [0.25, 0.3) is 5.91 Å². The van der Waals surface area contributed by atoms with E-state index in [0.29, 0.717) is 43.8 Å². The maximum atomic E-state index is 13.9. The molecule has 9 heteroatoms. The molecule has 1 atom stereocenters. The second-order valence-electron chi connectivity index (χ2n) is 9.63. The van der Waals surface area contributed by atoms with Gasteiger partial charge < -0.3 is 23.7 Å². The molecule has 3 heterocycles. The molecule has 1 spiro atoms. The van der Waals surface area contributed by atoms with E-state index in [4.69, 9.17) is 13.9 Å². The number of aryl methyl sites for hydroxylation is 1. The monoisotopic (exact) mass is 507 g/mol. The number of rotatable bonds is 3. The summed E-state index contributed by atoms with van der Waals surface area (Å²) in [6, 6.07) is 15.1. The van der Waals surface area contributed by atoms with Crippen molar-refractivity contribution in [3.05, 3.63) is 64.6 Å². The summed E-state index contributed by atoms with van der Waals surface area (Å²) in [5, 5.41) is 0. The van der Waals surface area contributed by atoms with Gasteiger partial charge in [-0.3, -0.25) is 14.2 Å². The Balaban J connectivity index is 1.36. The Bertz CT molecular complexity index is 1330. The van der Waals surface area contributed by atoms with Crippen LogP contribution in [0.5, 0.6) is 5.75 Å². The van der Waals surface area contributed by atoms with E-state index in [0.717, 1.165) is 30.6 Å². The SMILES string of the molecule is CCN1CCOc2ccccc2CCCCC2(CN(C(=O)Cn3c(=O)oc4ccccc43)CCO2)C1=O. The van der Waals surface area contributed by atoms with Crippen LogP contribution in [-0.4, -0.2) is 71.2 Å². The molecule has 2 aliphatic rings. The first-order valence-electron chi connectivity index (χ1n) is 13.0. The van der Waals surface area contributed by atoms with E-state index in [1.54, 1.807) is 34.1 Å². The highest BCUT2D eigenvalue weighted by Gasteiger charge is 2.46. The molecule has 1 saturated heterocycles. The molecule has 0 radical (unpaired) electrons. The van der Waals surface area contributed by atoms with Crippen molar-refractivity contribution in [3.63, 3.8) is 0 Å². The van der Waals surface area contributed by atoms with E-state index in [-0.39, 0.29) is 31.5 Å². The van der Waals surface area contributed by atoms with Gasteiger partial charge in [-0.2, -0.15) is 0 Å². The minimum absolute atomic E-state index is 0.115. The van der Waals surface area contributed by atoms with E-state index < -0.39 is 11.4 Å². The molecule has 3 aromatic rings. The molecule has 5 rings (SSSR count). The molecule has 1 unspecified atom stereocenters. The number of likely N-dealkylation sites (N-methyl/N-ethyl adjacent to an activating group) is 1. The first kappa shape index (κ1) is 25.1. The minimum atomic E-state index is -1.12. The van der Waals surface area contributed by atoms with Crippen LogP contribution >= 0.6 is 0 Å². The first-order valence-corrected chi connectivity index (χ1v) is 13.0. The fraction of sp³-hybridized carbons (Fsp3) is 0.464. The lowest BCUT2D eigenvalue weighted by molar-refractivity contribution is -0.176. The largest absolute Gasteiger partial charge is 0.491 e. The number of hydrogen-bond acceptors (Lipinski definition) is 6. The van der Waals surface area contributed by atoms with Crippen molar-refractivity contribution in [3.8, 4) is 5.75 Å². The molecule has 0 N–H and O–H groups in total. The minimum Gasteiger partial charge on any atom is -0.491 e. The number of oxazole rings is 1. The number of hydrogen-bond donors (Lipinski definition) is 0. The molecule has 2 aromatic carbocycles. The van der Waals surface area contributed by atoms with E-state index in [1.807, 2.05) is 25.1 Å². The number of carbonyl (C=O) groups excluding carboxylic acids is 2. The summed E-state index contributed by atoms with van der Waals surface area (Å²) in [7, 11) is 0. The highest BCUT2D eigenvalue weighted by atomic mass is 16.5. The molecule has 0 saturated carbocycles. The van der Waals surface area contributed by atoms with Crippen LogP contribution in [0.25, 0.3) is 11.1 Å². The number of benzene rings is 2. The normalized spacial score (nSPS) is 21.3. The zero-order chi connectivity index (χ0) is 25.8. The smallest absolute Gasteiger partial charge is 0.420 e. The second kappa shape index (κ2) is 10.8. The highest BCUT2D eigenvalue weighted by Crippen LogP contribution is 2.30. The molecular weight excluding hydrogens is 474 g/mol. The van der Waals surface area contributed by atoms with Gasteiger partial charge in [-0.25, -0.2) is 4.79 Å². The van der Waals surface area contributed by atoms with Crippen LogP contribution in [0.1, 0.15) is 31.7 Å². The Labute approximate surface area is 215 Å². The van der Waals surface area contributed by atoms with Crippen LogP contribution in [0.4, 0.5) is 0 Å². The van der Waals surface area contributed by atoms with Gasteiger partial charge in [0, 0.05) is 13.1 Å². The summed E-state index contributed by atoms with van der Waals surface area (Å²) in [4.78, 5) is 43.1. The Hall–Kier alpha value is -3.59. The van der Waals surface area contributed by atoms with Gasteiger partial charge in [0.2, 0.25) is 5.91 Å². The Kier molecular flexibility index (Phi) is 7.32. The van der Waals surface area contributed by atoms with E-state index in [1.165, 1.54) is 4.57 Å². The molecule has 2 aliphatic heterocycles. The average Bonchev–Trinajstić information content (AvgIpc) is 3.23. The first-order chi connectivity index (χ1) is 18.0. The second-order valence-corrected chi connectivity index (χ2v) is 9.63. The number of amides is 2. The van der Waals surface area contributed by atoms with Crippen LogP contribution < -0.4 is 10.5 Å². The molecular formula is C28H33N3O6. The highest BCUT2D eigenvalue weighted by molar-refractivity contribution is 5.87. The Morgan fingerprint density at radius 1 is 1.00 bits per heavy atom. The fourth-order valence-electron chi connectivity index (χ4n) is 5.32. The fourth-order valence-corrected chi connectivity index (χ4v) is 5.32. The van der Waals surface area contributed by atoms with Gasteiger partial charge in [0.15, 0.2) is 11.2 Å². The van der Waals surface area contributed by atoms with Crippen molar-refractivity contribution < 1.29 is 23.5 Å². The lowest BCUT2D eigenvalue weighted by Crippen LogP contribution is -2.62. The van der Waals surface area contributed by atoms with Crippen LogP contribution in [0, 0.1) is 0 Å². The molecule has 0 bridgehead atoms. The standard InChI is InChI=1S/C28H33N3O6/c1-2-29-15-17-35-23-12-5-3-9-21(23)10-7-8-14-28(26(29)33)20-30(16-18-36-28)25(32)19-31-22-11-4-6-13-24(22)37-27(31)34/h3-6,9,11-13H,2,7-8,10,14-20H2,1H3. The number of fused-ring (bicyclic) bond motifs is 2. The summed E-state index contributed by atoms with van der Waals surface area (Å²) in [6.07, 6.45) is 3.00. The van der Waals surface area contributed by atoms with Crippen LogP contribution in [-0.2, 0) is 27.3 Å². The molecule has 0 aliphatic carbocycles. The summed E-state index contributed by atoms with van der Waals surface area (Å²) in [5.74, 6) is -0.0579. The van der Waals surface area contributed by atoms with Crippen LogP contribution in [0.15, 0.2) is 57.7 Å². The lowest BCUT2D eigenvalue weighted by atomic mass is 9.91. The Morgan fingerprint density at radius 2 is 1.81 bits per heavy atom. The molecule has 37 heavy (non-hydrogen) atoms. The predicted molar refractivity (Wildman–Crippen MR) is 137 cm³/mol. The topological polar surface area (TPSA) is 94.2 Å². The number of ether oxygens (including phenoxy) is 2. The number of morpholine rings is 1. The van der Waals surface area contributed by atoms with Gasteiger partial charge in [0.1, 0.15) is 18.9 Å². The summed E-state index contributed by atoms with van der Waals surface area (Å²) >= 11 is 0. The lowest BCUT2D eigenvalue weighted by Gasteiger charge is -2.44. The van der Waals surface area contributed by atoms with Crippen molar-refractivity contribution in [1.29, 1.82) is 0 Å². The average molecular weight is 508 g/mol. The van der Waals surface area contributed by atoms with Gasteiger partial charge >= 0.3 is 5.76 Å². The maximum absolute atomic E-state index is 13.9. The van der Waals surface area contributed by atoms with Crippen molar-refractivity contribution in [2.24, 2.45) is 0 Å². The quantitative estimate of drug-likeness (QED) is 0.541. The van der Waals surface area contributed by atoms with Gasteiger partial charge in [-0.1, -0.05) is 30.3 Å². The maximum Gasteiger partial charge on any atom is 0.420 e. The summed E-state index contributed by atoms with van der Waals surface area (Å²) in [6.45, 7) is 3.89. The summed E-state index contributed by atoms with van der Waals surface area (Å²) < 4.78 is 18.9. The van der Waals surface area contributed by atoms with Gasteiger partial charge in [-0.05, 0) is 56.4 Å². The number of para-hydroxylation sites is 3. The van der Waals surface area contributed by atoms with Crippen LogP contribution in [0.3, 0.4) is 0 Å². The summed E-state index contributed by atoms with van der Waals surface area (Å²) in [5.41, 5.74) is 1.05. The zero-order valence-corrected chi connectivity index (χ0v) is 21.2. The number of carbonyl (C=O) groups is 2. The van der Waals surface area contributed by atoms with Gasteiger partial charge in [-0.15, -0.1) is 0 Å². The Morgan fingerprint density at radius 3 is 2.68 bits per heavy atom. The third-order valence-electron chi connectivity index (χ3n) is 7.33. The molecule has 9 nitrogen and oxygen atoms in total. The third-order valence-corrected chi connectivity index (χ3v) is 7.33. The van der Waals surface area contributed by atoms with Crippen molar-refractivity contribution in [1.82, 2.24) is 14.4 Å². The molecule has 2 amide bonds.